The van der Waals surface area contributed by atoms with Crippen molar-refractivity contribution in [1.82, 2.24) is 8.61 Å². The van der Waals surface area contributed by atoms with Crippen molar-refractivity contribution in [1.29, 1.82) is 0 Å². The van der Waals surface area contributed by atoms with E-state index in [1.54, 1.807) is 0 Å². The van der Waals surface area contributed by atoms with Crippen LogP contribution < -0.4 is 5.32 Å². The predicted octanol–water partition coefficient (Wildman–Crippen LogP) is 2.21. The number of carbonyl (C=O) groups excluding carboxylic acids is 1. The van der Waals surface area contributed by atoms with Crippen molar-refractivity contribution in [3.8, 4) is 0 Å². The third-order valence-electron chi connectivity index (χ3n) is 3.97. The van der Waals surface area contributed by atoms with Crippen molar-refractivity contribution in [2.45, 2.75) is 19.8 Å². The Bertz CT molecular complexity index is 691. The summed E-state index contributed by atoms with van der Waals surface area (Å²) >= 11 is 3.42. The fourth-order valence-electron chi connectivity index (χ4n) is 2.56. The second kappa shape index (κ2) is 7.29. The first-order chi connectivity index (χ1) is 10.7. The molecule has 1 fully saturated rings. The van der Waals surface area contributed by atoms with Gasteiger partial charge in [-0.15, -0.1) is 0 Å². The number of carbonyl (C=O) groups is 1. The molecular weight excluding hydrogens is 382 g/mol. The third-order valence-corrected chi connectivity index (χ3v) is 6.76. The highest BCUT2D eigenvalue weighted by Crippen LogP contribution is 2.24. The second-order valence-corrected chi connectivity index (χ2v) is 8.94. The van der Waals surface area contributed by atoms with Gasteiger partial charge in [-0.25, -0.2) is 0 Å². The molecule has 0 radical (unpaired) electrons. The molecule has 6 nitrogen and oxygen atoms in total. The van der Waals surface area contributed by atoms with Crippen LogP contribution in [-0.2, 0) is 15.0 Å². The van der Waals surface area contributed by atoms with E-state index < -0.39 is 10.2 Å². The highest BCUT2D eigenvalue weighted by molar-refractivity contribution is 9.10. The second-order valence-electron chi connectivity index (χ2n) is 5.94. The summed E-state index contributed by atoms with van der Waals surface area (Å²) in [6.07, 6.45) is 1.38. The first-order valence-corrected chi connectivity index (χ1v) is 9.65. The molecular formula is C15H22BrN3O3S. The molecule has 8 heteroatoms. The number of nitrogens with zero attached hydrogens (tertiary/aromatic N) is 2. The summed E-state index contributed by atoms with van der Waals surface area (Å²) in [4.78, 5) is 12.4. The van der Waals surface area contributed by atoms with Gasteiger partial charge in [0.15, 0.2) is 0 Å². The number of halogens is 1. The Labute approximate surface area is 146 Å². The Morgan fingerprint density at radius 2 is 2.09 bits per heavy atom. The molecule has 128 valence electrons. The number of hydrogen-bond acceptors (Lipinski definition) is 3. The van der Waals surface area contributed by atoms with Crippen LogP contribution in [0.25, 0.3) is 0 Å². The van der Waals surface area contributed by atoms with E-state index in [4.69, 9.17) is 0 Å². The molecule has 1 aliphatic rings. The van der Waals surface area contributed by atoms with E-state index in [-0.39, 0.29) is 18.4 Å². The van der Waals surface area contributed by atoms with Crippen molar-refractivity contribution in [3.63, 3.8) is 0 Å². The summed E-state index contributed by atoms with van der Waals surface area (Å²) in [5.74, 6) is -0.465. The lowest BCUT2D eigenvalue weighted by atomic mass is 9.98. The van der Waals surface area contributed by atoms with Crippen molar-refractivity contribution in [2.75, 3.05) is 32.5 Å². The van der Waals surface area contributed by atoms with Crippen molar-refractivity contribution in [3.05, 3.63) is 28.2 Å². The van der Waals surface area contributed by atoms with E-state index in [1.807, 2.05) is 25.1 Å². The fraction of sp³-hybridized carbons (Fsp3) is 0.533. The van der Waals surface area contributed by atoms with E-state index in [0.29, 0.717) is 19.4 Å². The maximum absolute atomic E-state index is 12.4. The number of anilines is 1. The van der Waals surface area contributed by atoms with Crippen LogP contribution in [-0.4, -0.2) is 50.1 Å². The van der Waals surface area contributed by atoms with Gasteiger partial charge in [0, 0.05) is 37.3 Å². The van der Waals surface area contributed by atoms with Gasteiger partial charge in [-0.1, -0.05) is 15.9 Å². The fourth-order valence-corrected chi connectivity index (χ4v) is 4.00. The monoisotopic (exact) mass is 403 g/mol. The summed E-state index contributed by atoms with van der Waals surface area (Å²) in [6, 6.07) is 5.60. The number of rotatable bonds is 4. The van der Waals surface area contributed by atoms with Gasteiger partial charge in [-0.05, 0) is 43.5 Å². The zero-order valence-corrected chi connectivity index (χ0v) is 15.9. The molecule has 1 atom stereocenters. The quantitative estimate of drug-likeness (QED) is 0.837. The Balaban J connectivity index is 2.06. The molecule has 1 aromatic carbocycles. The molecule has 1 aliphatic heterocycles. The number of nitrogens with one attached hydrogen (secondary N) is 1. The Hall–Kier alpha value is -0.960. The largest absolute Gasteiger partial charge is 0.326 e. The van der Waals surface area contributed by atoms with Crippen LogP contribution in [0.15, 0.2) is 22.7 Å². The number of aryl methyl sites for hydroxylation is 1. The first-order valence-electron chi connectivity index (χ1n) is 7.46. The van der Waals surface area contributed by atoms with E-state index in [0.717, 1.165) is 15.7 Å². The number of amides is 1. The topological polar surface area (TPSA) is 69.7 Å². The van der Waals surface area contributed by atoms with Gasteiger partial charge in [0.25, 0.3) is 10.2 Å². The van der Waals surface area contributed by atoms with E-state index in [2.05, 4.69) is 21.2 Å². The predicted molar refractivity (Wildman–Crippen MR) is 94.4 cm³/mol. The zero-order chi connectivity index (χ0) is 17.2. The molecule has 23 heavy (non-hydrogen) atoms. The Morgan fingerprint density at radius 3 is 2.70 bits per heavy atom. The van der Waals surface area contributed by atoms with Gasteiger partial charge >= 0.3 is 0 Å². The zero-order valence-electron chi connectivity index (χ0n) is 13.5. The SMILES string of the molecule is Cc1cc(NC(=O)C2CCCN(S(=O)(=O)N(C)C)C2)ccc1Br. The number of benzene rings is 1. The average Bonchev–Trinajstić information content (AvgIpc) is 2.51. The lowest BCUT2D eigenvalue weighted by Gasteiger charge is -2.32. The minimum Gasteiger partial charge on any atom is -0.326 e. The lowest BCUT2D eigenvalue weighted by molar-refractivity contribution is -0.120. The molecule has 2 rings (SSSR count). The molecule has 0 spiro atoms. The molecule has 0 aromatic heterocycles. The van der Waals surface area contributed by atoms with Crippen molar-refractivity contribution < 1.29 is 13.2 Å². The van der Waals surface area contributed by atoms with Gasteiger partial charge in [-0.2, -0.15) is 17.0 Å². The van der Waals surface area contributed by atoms with Crippen LogP contribution in [0.3, 0.4) is 0 Å². The van der Waals surface area contributed by atoms with Gasteiger partial charge in [0.2, 0.25) is 5.91 Å². The van der Waals surface area contributed by atoms with Crippen LogP contribution in [0.4, 0.5) is 5.69 Å². The normalized spacial score (nSPS) is 19.8. The van der Waals surface area contributed by atoms with Crippen LogP contribution >= 0.6 is 15.9 Å². The van der Waals surface area contributed by atoms with E-state index in [1.165, 1.54) is 22.7 Å². The van der Waals surface area contributed by atoms with Gasteiger partial charge in [0.1, 0.15) is 0 Å². The first kappa shape index (κ1) is 18.4. The van der Waals surface area contributed by atoms with Crippen LogP contribution in [0.2, 0.25) is 0 Å². The summed E-state index contributed by atoms with van der Waals surface area (Å²) in [7, 11) is -0.464. The van der Waals surface area contributed by atoms with Crippen molar-refractivity contribution >= 4 is 37.7 Å². The van der Waals surface area contributed by atoms with Gasteiger partial charge < -0.3 is 5.32 Å². The molecule has 1 N–H and O–H groups in total. The Kier molecular flexibility index (Phi) is 5.83. The van der Waals surface area contributed by atoms with E-state index >= 15 is 0 Å². The highest BCUT2D eigenvalue weighted by atomic mass is 79.9. The third kappa shape index (κ3) is 4.32. The molecule has 0 aliphatic carbocycles. The molecule has 1 unspecified atom stereocenters. The minimum atomic E-state index is -3.47. The summed E-state index contributed by atoms with van der Waals surface area (Å²) in [5, 5.41) is 2.89. The van der Waals surface area contributed by atoms with Crippen LogP contribution in [0.1, 0.15) is 18.4 Å². The molecule has 1 heterocycles. The smallest absolute Gasteiger partial charge is 0.281 e. The molecule has 0 bridgehead atoms. The number of hydrogen-bond donors (Lipinski definition) is 1. The van der Waals surface area contributed by atoms with Gasteiger partial charge in [0.05, 0.1) is 5.92 Å². The van der Waals surface area contributed by atoms with Crippen molar-refractivity contribution in [2.24, 2.45) is 5.92 Å². The lowest BCUT2D eigenvalue weighted by Crippen LogP contribution is -2.47. The average molecular weight is 404 g/mol. The molecule has 1 amide bonds. The van der Waals surface area contributed by atoms with Crippen LogP contribution in [0, 0.1) is 12.8 Å². The molecule has 0 saturated carbocycles. The maximum Gasteiger partial charge on any atom is 0.281 e. The summed E-state index contributed by atoms with van der Waals surface area (Å²) in [6.45, 7) is 2.63. The molecule has 1 aromatic rings. The van der Waals surface area contributed by atoms with E-state index in [9.17, 15) is 13.2 Å². The molecule has 1 saturated heterocycles. The highest BCUT2D eigenvalue weighted by Gasteiger charge is 2.33. The summed E-state index contributed by atoms with van der Waals surface area (Å²) in [5.41, 5.74) is 1.76. The van der Waals surface area contributed by atoms with Gasteiger partial charge in [-0.3, -0.25) is 4.79 Å². The summed E-state index contributed by atoms with van der Waals surface area (Å²) < 4.78 is 28.0. The maximum atomic E-state index is 12.4. The van der Waals surface area contributed by atoms with Crippen LogP contribution in [0.5, 0.6) is 0 Å². The standard InChI is InChI=1S/C15H22BrN3O3S/c1-11-9-13(6-7-14(11)16)17-15(20)12-5-4-8-19(10-12)23(21,22)18(2)3/h6-7,9,12H,4-5,8,10H2,1-3H3,(H,17,20). The minimum absolute atomic E-state index is 0.134. The number of piperidine rings is 1. The Morgan fingerprint density at radius 1 is 1.39 bits per heavy atom.